The molecule has 0 aliphatic rings. The molecule has 0 aliphatic carbocycles. The molecule has 0 spiro atoms. The predicted molar refractivity (Wildman–Crippen MR) is 73.0 cm³/mol. The smallest absolute Gasteiger partial charge is 0.153 e. The number of methoxy groups -OCH3 is 2. The molecular weight excluding hydrogens is 248 g/mol. The van der Waals surface area contributed by atoms with Gasteiger partial charge in [0.15, 0.2) is 6.29 Å². The fraction of sp³-hybridized carbons (Fsp3) is 0.214. The van der Waals surface area contributed by atoms with Gasteiger partial charge in [-0.3, -0.25) is 4.79 Å². The fourth-order valence-electron chi connectivity index (χ4n) is 1.79. The van der Waals surface area contributed by atoms with Crippen LogP contribution in [0.1, 0.15) is 15.2 Å². The molecule has 1 heterocycles. The highest BCUT2D eigenvalue weighted by molar-refractivity contribution is 7.15. The maximum atomic E-state index is 11.1. The molecule has 1 aromatic heterocycles. The zero-order valence-electron chi connectivity index (χ0n) is 10.5. The van der Waals surface area contributed by atoms with Gasteiger partial charge in [-0.05, 0) is 25.1 Å². The van der Waals surface area contributed by atoms with Gasteiger partial charge in [-0.2, -0.15) is 0 Å². The summed E-state index contributed by atoms with van der Waals surface area (Å²) in [4.78, 5) is 13.4. The van der Waals surface area contributed by atoms with Crippen LogP contribution in [0.5, 0.6) is 11.5 Å². The van der Waals surface area contributed by atoms with Crippen LogP contribution in [-0.4, -0.2) is 20.5 Å². The summed E-state index contributed by atoms with van der Waals surface area (Å²) >= 11 is 1.67. The number of carbonyl (C=O) groups excluding carboxylic acids is 1. The summed E-state index contributed by atoms with van der Waals surface area (Å²) < 4.78 is 10.5. The van der Waals surface area contributed by atoms with E-state index in [1.54, 1.807) is 30.6 Å². The van der Waals surface area contributed by atoms with Crippen molar-refractivity contribution in [2.45, 2.75) is 6.92 Å². The summed E-state index contributed by atoms with van der Waals surface area (Å²) in [5.41, 5.74) is 1.44. The zero-order chi connectivity index (χ0) is 13.1. The lowest BCUT2D eigenvalue weighted by molar-refractivity contribution is 0.112. The molecule has 0 fully saturated rings. The predicted octanol–water partition coefficient (Wildman–Crippen LogP) is 3.55. The third-order valence-corrected chi connectivity index (χ3v) is 3.72. The fourth-order valence-corrected chi connectivity index (χ4v) is 2.68. The van der Waals surface area contributed by atoms with E-state index in [0.29, 0.717) is 17.1 Å². The SMILES string of the molecule is COc1cc(OC)c(-c2ccc(C)s2)cc1C=O. The van der Waals surface area contributed by atoms with Crippen molar-refractivity contribution in [2.75, 3.05) is 14.2 Å². The van der Waals surface area contributed by atoms with Gasteiger partial charge in [0.2, 0.25) is 0 Å². The van der Waals surface area contributed by atoms with Crippen molar-refractivity contribution in [2.24, 2.45) is 0 Å². The summed E-state index contributed by atoms with van der Waals surface area (Å²) in [7, 11) is 3.15. The van der Waals surface area contributed by atoms with Gasteiger partial charge in [0, 0.05) is 21.4 Å². The van der Waals surface area contributed by atoms with Gasteiger partial charge in [-0.1, -0.05) is 0 Å². The van der Waals surface area contributed by atoms with Crippen LogP contribution < -0.4 is 9.47 Å². The molecule has 0 N–H and O–H groups in total. The van der Waals surface area contributed by atoms with Gasteiger partial charge in [0.05, 0.1) is 19.8 Å². The van der Waals surface area contributed by atoms with Crippen molar-refractivity contribution in [3.05, 3.63) is 34.7 Å². The lowest BCUT2D eigenvalue weighted by Crippen LogP contribution is -1.94. The van der Waals surface area contributed by atoms with Crippen molar-refractivity contribution in [3.8, 4) is 21.9 Å². The first kappa shape index (κ1) is 12.6. The van der Waals surface area contributed by atoms with E-state index in [2.05, 4.69) is 0 Å². The van der Waals surface area contributed by atoms with Crippen LogP contribution >= 0.6 is 11.3 Å². The number of aldehydes is 1. The first-order valence-corrected chi connectivity index (χ1v) is 6.29. The number of carbonyl (C=O) groups is 1. The summed E-state index contributed by atoms with van der Waals surface area (Å²) in [5.74, 6) is 1.23. The molecule has 0 unspecified atom stereocenters. The minimum absolute atomic E-state index is 0.527. The maximum Gasteiger partial charge on any atom is 0.153 e. The quantitative estimate of drug-likeness (QED) is 0.790. The monoisotopic (exact) mass is 262 g/mol. The van der Waals surface area contributed by atoms with Gasteiger partial charge in [-0.25, -0.2) is 0 Å². The maximum absolute atomic E-state index is 11.1. The molecule has 0 bridgehead atoms. The largest absolute Gasteiger partial charge is 0.496 e. The molecule has 0 atom stereocenters. The lowest BCUT2D eigenvalue weighted by Gasteiger charge is -2.11. The first-order valence-electron chi connectivity index (χ1n) is 5.47. The average molecular weight is 262 g/mol. The Labute approximate surface area is 110 Å². The minimum Gasteiger partial charge on any atom is -0.496 e. The summed E-state index contributed by atoms with van der Waals surface area (Å²) in [5, 5.41) is 0. The number of rotatable bonds is 4. The van der Waals surface area contributed by atoms with E-state index in [-0.39, 0.29) is 0 Å². The molecule has 2 rings (SSSR count). The van der Waals surface area contributed by atoms with E-state index in [9.17, 15) is 4.79 Å². The number of hydrogen-bond acceptors (Lipinski definition) is 4. The van der Waals surface area contributed by atoms with Gasteiger partial charge < -0.3 is 9.47 Å². The van der Waals surface area contributed by atoms with Crippen molar-refractivity contribution < 1.29 is 14.3 Å². The number of ether oxygens (including phenoxy) is 2. The van der Waals surface area contributed by atoms with E-state index in [1.165, 1.54) is 12.0 Å². The molecule has 18 heavy (non-hydrogen) atoms. The molecule has 0 saturated carbocycles. The Bertz CT molecular complexity index is 572. The highest BCUT2D eigenvalue weighted by Gasteiger charge is 2.13. The molecular formula is C14H14O3S. The van der Waals surface area contributed by atoms with E-state index in [1.807, 2.05) is 19.1 Å². The topological polar surface area (TPSA) is 35.5 Å². The van der Waals surface area contributed by atoms with Crippen molar-refractivity contribution in [3.63, 3.8) is 0 Å². The Kier molecular flexibility index (Phi) is 3.67. The van der Waals surface area contributed by atoms with Gasteiger partial charge in [0.25, 0.3) is 0 Å². The molecule has 4 heteroatoms. The van der Waals surface area contributed by atoms with Crippen LogP contribution in [0.4, 0.5) is 0 Å². The lowest BCUT2D eigenvalue weighted by atomic mass is 10.1. The normalized spacial score (nSPS) is 10.2. The molecule has 3 nitrogen and oxygen atoms in total. The standard InChI is InChI=1S/C14H14O3S/c1-9-4-5-14(18-9)11-6-10(8-15)12(16-2)7-13(11)17-3/h4-8H,1-3H3. The number of benzene rings is 1. The van der Waals surface area contributed by atoms with Crippen LogP contribution in [0.25, 0.3) is 10.4 Å². The third kappa shape index (κ3) is 2.24. The Morgan fingerprint density at radius 3 is 2.33 bits per heavy atom. The van der Waals surface area contributed by atoms with Crippen molar-refractivity contribution in [1.29, 1.82) is 0 Å². The molecule has 0 amide bonds. The van der Waals surface area contributed by atoms with E-state index in [4.69, 9.17) is 9.47 Å². The summed E-state index contributed by atoms with van der Waals surface area (Å²) in [6.07, 6.45) is 0.794. The van der Waals surface area contributed by atoms with Gasteiger partial charge in [0.1, 0.15) is 11.5 Å². The molecule has 94 valence electrons. The van der Waals surface area contributed by atoms with Gasteiger partial charge in [-0.15, -0.1) is 11.3 Å². The van der Waals surface area contributed by atoms with Crippen LogP contribution in [0.3, 0.4) is 0 Å². The van der Waals surface area contributed by atoms with Crippen LogP contribution in [0.2, 0.25) is 0 Å². The Hall–Kier alpha value is -1.81. The highest BCUT2D eigenvalue weighted by atomic mass is 32.1. The number of thiophene rings is 1. The summed E-state index contributed by atoms with van der Waals surface area (Å²) in [6, 6.07) is 7.62. The van der Waals surface area contributed by atoms with Crippen molar-refractivity contribution >= 4 is 17.6 Å². The second kappa shape index (κ2) is 5.23. The minimum atomic E-state index is 0.527. The van der Waals surface area contributed by atoms with Gasteiger partial charge >= 0.3 is 0 Å². The van der Waals surface area contributed by atoms with E-state index in [0.717, 1.165) is 16.7 Å². The zero-order valence-corrected chi connectivity index (χ0v) is 11.3. The Morgan fingerprint density at radius 1 is 1.11 bits per heavy atom. The third-order valence-electron chi connectivity index (χ3n) is 2.68. The van der Waals surface area contributed by atoms with Crippen LogP contribution in [0.15, 0.2) is 24.3 Å². The molecule has 2 aromatic rings. The highest BCUT2D eigenvalue weighted by Crippen LogP contribution is 2.38. The second-order valence-electron chi connectivity index (χ2n) is 3.82. The summed E-state index contributed by atoms with van der Waals surface area (Å²) in [6.45, 7) is 2.05. The molecule has 0 saturated heterocycles. The van der Waals surface area contributed by atoms with Crippen LogP contribution in [-0.2, 0) is 0 Å². The second-order valence-corrected chi connectivity index (χ2v) is 5.11. The van der Waals surface area contributed by atoms with E-state index >= 15 is 0 Å². The molecule has 1 aromatic carbocycles. The molecule has 0 radical (unpaired) electrons. The van der Waals surface area contributed by atoms with Crippen molar-refractivity contribution in [1.82, 2.24) is 0 Å². The van der Waals surface area contributed by atoms with E-state index < -0.39 is 0 Å². The molecule has 0 aliphatic heterocycles. The Balaban J connectivity index is 2.62. The average Bonchev–Trinajstić information content (AvgIpc) is 2.83. The number of hydrogen-bond donors (Lipinski definition) is 0. The first-order chi connectivity index (χ1) is 8.69. The Morgan fingerprint density at radius 2 is 1.83 bits per heavy atom. The number of aryl methyl sites for hydroxylation is 1. The van der Waals surface area contributed by atoms with Crippen LogP contribution in [0, 0.1) is 6.92 Å².